The molecule has 2 aromatic rings. The van der Waals surface area contributed by atoms with Crippen LogP contribution < -0.4 is 10.1 Å². The highest BCUT2D eigenvalue weighted by molar-refractivity contribution is 5.87. The van der Waals surface area contributed by atoms with Crippen LogP contribution in [0.15, 0.2) is 54.6 Å². The number of hydrogen-bond donors (Lipinski definition) is 1. The van der Waals surface area contributed by atoms with Gasteiger partial charge in [0, 0.05) is 13.1 Å². The average Bonchev–Trinajstić information content (AvgIpc) is 2.71. The maximum atomic E-state index is 13.2. The van der Waals surface area contributed by atoms with Gasteiger partial charge in [0.1, 0.15) is 17.6 Å². The molecule has 5 nitrogen and oxygen atoms in total. The highest BCUT2D eigenvalue weighted by Crippen LogP contribution is 2.13. The Bertz CT molecular complexity index is 778. The summed E-state index contributed by atoms with van der Waals surface area (Å²) in [4.78, 5) is 26.9. The van der Waals surface area contributed by atoms with Crippen molar-refractivity contribution in [2.45, 2.75) is 39.8 Å². The number of rotatable bonds is 10. The van der Waals surface area contributed by atoms with Gasteiger partial charge in [-0.05, 0) is 49.1 Å². The summed E-state index contributed by atoms with van der Waals surface area (Å²) in [5.41, 5.74) is 0.737. The van der Waals surface area contributed by atoms with Crippen molar-refractivity contribution >= 4 is 11.8 Å². The number of nitrogens with one attached hydrogen (secondary N) is 1. The Labute approximate surface area is 171 Å². The third-order valence-corrected chi connectivity index (χ3v) is 4.56. The van der Waals surface area contributed by atoms with Gasteiger partial charge in [-0.15, -0.1) is 0 Å². The van der Waals surface area contributed by atoms with Gasteiger partial charge >= 0.3 is 0 Å². The summed E-state index contributed by atoms with van der Waals surface area (Å²) < 4.78 is 18.8. The maximum Gasteiger partial charge on any atom is 0.261 e. The fourth-order valence-corrected chi connectivity index (χ4v) is 2.75. The highest BCUT2D eigenvalue weighted by atomic mass is 19.1. The van der Waals surface area contributed by atoms with Crippen molar-refractivity contribution in [1.82, 2.24) is 10.2 Å². The van der Waals surface area contributed by atoms with Gasteiger partial charge in [-0.25, -0.2) is 4.39 Å². The monoisotopic (exact) mass is 400 g/mol. The third-order valence-electron chi connectivity index (χ3n) is 4.56. The Kier molecular flexibility index (Phi) is 8.65. The van der Waals surface area contributed by atoms with Crippen LogP contribution in [0.25, 0.3) is 0 Å². The topological polar surface area (TPSA) is 58.6 Å². The lowest BCUT2D eigenvalue weighted by molar-refractivity contribution is -0.142. The van der Waals surface area contributed by atoms with Gasteiger partial charge in [0.2, 0.25) is 5.91 Å². The van der Waals surface area contributed by atoms with Crippen molar-refractivity contribution in [3.63, 3.8) is 0 Å². The Balaban J connectivity index is 2.07. The minimum Gasteiger partial charge on any atom is -0.484 e. The van der Waals surface area contributed by atoms with Crippen molar-refractivity contribution in [3.8, 4) is 5.75 Å². The second-order valence-electron chi connectivity index (χ2n) is 7.40. The number of nitrogens with zero attached hydrogens (tertiary/aromatic N) is 1. The van der Waals surface area contributed by atoms with Gasteiger partial charge in [0.05, 0.1) is 0 Å². The van der Waals surface area contributed by atoms with E-state index in [4.69, 9.17) is 4.74 Å². The summed E-state index contributed by atoms with van der Waals surface area (Å²) >= 11 is 0. The SMILES string of the molecule is CC(C)CCNC(=O)C(C)N(Cc1ccc(F)cc1)C(=O)COc1ccccc1. The molecule has 1 unspecified atom stereocenters. The quantitative estimate of drug-likeness (QED) is 0.660. The van der Waals surface area contributed by atoms with E-state index in [9.17, 15) is 14.0 Å². The first-order valence-electron chi connectivity index (χ1n) is 9.86. The van der Waals surface area contributed by atoms with Crippen LogP contribution in [0.1, 0.15) is 32.8 Å². The van der Waals surface area contributed by atoms with Crippen molar-refractivity contribution in [2.24, 2.45) is 5.92 Å². The summed E-state index contributed by atoms with van der Waals surface area (Å²) in [6.07, 6.45) is 0.863. The minimum atomic E-state index is -0.681. The largest absolute Gasteiger partial charge is 0.484 e. The Hall–Kier alpha value is -2.89. The molecule has 1 atom stereocenters. The van der Waals surface area contributed by atoms with Crippen LogP contribution in [0.3, 0.4) is 0 Å². The molecule has 0 aliphatic carbocycles. The molecule has 2 amide bonds. The maximum absolute atomic E-state index is 13.2. The van der Waals surface area contributed by atoms with Crippen LogP contribution in [0, 0.1) is 11.7 Å². The summed E-state index contributed by atoms with van der Waals surface area (Å²) in [5, 5.41) is 2.88. The lowest BCUT2D eigenvalue weighted by atomic mass is 10.1. The van der Waals surface area contributed by atoms with E-state index >= 15 is 0 Å². The summed E-state index contributed by atoms with van der Waals surface area (Å²) in [5.74, 6) is 0.169. The zero-order valence-corrected chi connectivity index (χ0v) is 17.2. The van der Waals surface area contributed by atoms with E-state index < -0.39 is 6.04 Å². The van der Waals surface area contributed by atoms with E-state index in [0.29, 0.717) is 18.2 Å². The van der Waals surface area contributed by atoms with Crippen LogP contribution in [0.4, 0.5) is 4.39 Å². The van der Waals surface area contributed by atoms with Crippen LogP contribution >= 0.6 is 0 Å². The Morgan fingerprint density at radius 1 is 1.03 bits per heavy atom. The lowest BCUT2D eigenvalue weighted by Crippen LogP contribution is -2.49. The second kappa shape index (κ2) is 11.2. The van der Waals surface area contributed by atoms with E-state index in [1.165, 1.54) is 17.0 Å². The second-order valence-corrected chi connectivity index (χ2v) is 7.40. The van der Waals surface area contributed by atoms with Gasteiger partial charge in [0.15, 0.2) is 6.61 Å². The molecule has 0 bridgehead atoms. The molecule has 0 aliphatic heterocycles. The number of carbonyl (C=O) groups is 2. The van der Waals surface area contributed by atoms with E-state index in [1.54, 1.807) is 31.2 Å². The molecule has 0 saturated carbocycles. The Morgan fingerprint density at radius 3 is 2.31 bits per heavy atom. The highest BCUT2D eigenvalue weighted by Gasteiger charge is 2.26. The molecular weight excluding hydrogens is 371 g/mol. The number of halogens is 1. The molecule has 2 rings (SSSR count). The van der Waals surface area contributed by atoms with E-state index in [-0.39, 0.29) is 30.8 Å². The fraction of sp³-hybridized carbons (Fsp3) is 0.391. The van der Waals surface area contributed by atoms with Gasteiger partial charge in [-0.1, -0.05) is 44.2 Å². The van der Waals surface area contributed by atoms with Gasteiger partial charge < -0.3 is 15.0 Å². The first kappa shape index (κ1) is 22.4. The zero-order valence-electron chi connectivity index (χ0n) is 17.2. The predicted octanol–water partition coefficient (Wildman–Crippen LogP) is 3.78. The summed E-state index contributed by atoms with van der Waals surface area (Å²) in [6.45, 7) is 6.42. The summed E-state index contributed by atoms with van der Waals surface area (Å²) in [6, 6.07) is 14.2. The van der Waals surface area contributed by atoms with Crippen LogP contribution in [0.5, 0.6) is 5.75 Å². The third kappa shape index (κ3) is 7.56. The summed E-state index contributed by atoms with van der Waals surface area (Å²) in [7, 11) is 0. The Morgan fingerprint density at radius 2 is 1.69 bits per heavy atom. The van der Waals surface area contributed by atoms with Gasteiger partial charge in [-0.2, -0.15) is 0 Å². The molecule has 0 spiro atoms. The number of ether oxygens (including phenoxy) is 1. The van der Waals surface area contributed by atoms with Crippen LogP contribution in [-0.2, 0) is 16.1 Å². The number of para-hydroxylation sites is 1. The number of benzene rings is 2. The van der Waals surface area contributed by atoms with E-state index in [1.807, 2.05) is 18.2 Å². The molecule has 0 aliphatic rings. The van der Waals surface area contributed by atoms with Crippen molar-refractivity contribution < 1.29 is 18.7 Å². The normalized spacial score (nSPS) is 11.8. The molecule has 0 fully saturated rings. The molecule has 6 heteroatoms. The first-order chi connectivity index (χ1) is 13.9. The van der Waals surface area contributed by atoms with Gasteiger partial charge in [0.25, 0.3) is 5.91 Å². The zero-order chi connectivity index (χ0) is 21.2. The van der Waals surface area contributed by atoms with Crippen LogP contribution in [-0.4, -0.2) is 35.9 Å². The fourth-order valence-electron chi connectivity index (χ4n) is 2.75. The minimum absolute atomic E-state index is 0.186. The van der Waals surface area contributed by atoms with Crippen molar-refractivity contribution in [2.75, 3.05) is 13.2 Å². The predicted molar refractivity (Wildman–Crippen MR) is 111 cm³/mol. The molecule has 0 radical (unpaired) electrons. The average molecular weight is 400 g/mol. The van der Waals surface area contributed by atoms with Crippen LogP contribution in [0.2, 0.25) is 0 Å². The van der Waals surface area contributed by atoms with Crippen molar-refractivity contribution in [3.05, 3.63) is 66.0 Å². The van der Waals surface area contributed by atoms with E-state index in [2.05, 4.69) is 19.2 Å². The molecule has 2 aromatic carbocycles. The number of carbonyl (C=O) groups excluding carboxylic acids is 2. The molecule has 0 heterocycles. The molecule has 1 N–H and O–H groups in total. The first-order valence-corrected chi connectivity index (χ1v) is 9.86. The molecule has 29 heavy (non-hydrogen) atoms. The standard InChI is InChI=1S/C23H29FN2O3/c1-17(2)13-14-25-23(28)18(3)26(15-19-9-11-20(24)12-10-19)22(27)16-29-21-7-5-4-6-8-21/h4-12,17-18H,13-16H2,1-3H3,(H,25,28). The lowest BCUT2D eigenvalue weighted by Gasteiger charge is -2.29. The van der Waals surface area contributed by atoms with E-state index in [0.717, 1.165) is 12.0 Å². The molecular formula is C23H29FN2O3. The molecule has 156 valence electrons. The number of hydrogen-bond acceptors (Lipinski definition) is 3. The number of amides is 2. The van der Waals surface area contributed by atoms with Gasteiger partial charge in [-0.3, -0.25) is 9.59 Å². The smallest absolute Gasteiger partial charge is 0.261 e. The van der Waals surface area contributed by atoms with Crippen molar-refractivity contribution in [1.29, 1.82) is 0 Å². The molecule has 0 aromatic heterocycles. The molecule has 0 saturated heterocycles.